The van der Waals surface area contributed by atoms with Gasteiger partial charge in [0.1, 0.15) is 0 Å². The summed E-state index contributed by atoms with van der Waals surface area (Å²) in [4.78, 5) is 14.4. The number of anilines is 3. The molecule has 31 heavy (non-hydrogen) atoms. The van der Waals surface area contributed by atoms with Gasteiger partial charge in [-0.1, -0.05) is 18.2 Å². The number of hydrogen-bond acceptors (Lipinski definition) is 7. The summed E-state index contributed by atoms with van der Waals surface area (Å²) in [7, 11) is 0. The average molecular weight is 482 g/mol. The first-order valence-electron chi connectivity index (χ1n) is 10.4. The largest absolute Gasteiger partial charge is 0.351 e. The second-order valence-electron chi connectivity index (χ2n) is 7.98. The van der Waals surface area contributed by atoms with Crippen molar-refractivity contribution in [2.24, 2.45) is 5.73 Å². The van der Waals surface area contributed by atoms with E-state index in [0.29, 0.717) is 24.1 Å². The monoisotopic (exact) mass is 481 g/mol. The molecule has 7 nitrogen and oxygen atoms in total. The molecule has 0 bridgehead atoms. The predicted octanol–water partition coefficient (Wildman–Crippen LogP) is 4.77. The SMILES string of the molecule is Cl.Cl.N[C@H]1CC[C@H](Nc2nc(Nc3ccccc3)c3ncn(C4CCSC4)c3n2)CC1. The number of para-hydroxylation sites is 1. The Morgan fingerprint density at radius 1 is 1.00 bits per heavy atom. The molecule has 3 aromatic rings. The predicted molar refractivity (Wildman–Crippen MR) is 134 cm³/mol. The number of aromatic nitrogens is 4. The highest BCUT2D eigenvalue weighted by molar-refractivity contribution is 7.99. The molecule has 1 aliphatic heterocycles. The zero-order chi connectivity index (χ0) is 19.6. The normalized spacial score (nSPS) is 23.1. The molecule has 0 radical (unpaired) electrons. The molecule has 2 fully saturated rings. The number of nitrogens with one attached hydrogen (secondary N) is 2. The van der Waals surface area contributed by atoms with E-state index in [2.05, 4.69) is 20.2 Å². The summed E-state index contributed by atoms with van der Waals surface area (Å²) in [6, 6.07) is 11.3. The Morgan fingerprint density at radius 2 is 1.77 bits per heavy atom. The van der Waals surface area contributed by atoms with Crippen molar-refractivity contribution >= 4 is 65.2 Å². The molecule has 1 aromatic carbocycles. The van der Waals surface area contributed by atoms with Crippen LogP contribution in [-0.2, 0) is 0 Å². The summed E-state index contributed by atoms with van der Waals surface area (Å²) < 4.78 is 2.23. The highest BCUT2D eigenvalue weighted by Gasteiger charge is 2.24. The molecule has 3 heterocycles. The van der Waals surface area contributed by atoms with Crippen molar-refractivity contribution in [3.63, 3.8) is 0 Å². The van der Waals surface area contributed by atoms with Gasteiger partial charge in [-0.2, -0.15) is 21.7 Å². The maximum absolute atomic E-state index is 6.07. The van der Waals surface area contributed by atoms with Crippen LogP contribution in [0.4, 0.5) is 17.5 Å². The molecule has 0 spiro atoms. The van der Waals surface area contributed by atoms with Crippen LogP contribution in [0.25, 0.3) is 11.2 Å². The van der Waals surface area contributed by atoms with Gasteiger partial charge < -0.3 is 20.9 Å². The Balaban J connectivity index is 0.00000136. The molecule has 1 unspecified atom stereocenters. The lowest BCUT2D eigenvalue weighted by atomic mass is 9.92. The lowest BCUT2D eigenvalue weighted by Gasteiger charge is -2.27. The molecule has 1 saturated carbocycles. The van der Waals surface area contributed by atoms with Gasteiger partial charge in [0.05, 0.1) is 6.33 Å². The van der Waals surface area contributed by atoms with E-state index in [1.54, 1.807) is 0 Å². The van der Waals surface area contributed by atoms with Gasteiger partial charge in [-0.3, -0.25) is 0 Å². The van der Waals surface area contributed by atoms with Crippen LogP contribution in [0.3, 0.4) is 0 Å². The number of nitrogens with two attached hydrogens (primary N) is 1. The maximum atomic E-state index is 6.07. The summed E-state index contributed by atoms with van der Waals surface area (Å²) in [5.74, 6) is 3.72. The molecule has 1 atom stereocenters. The van der Waals surface area contributed by atoms with E-state index in [9.17, 15) is 0 Å². The number of nitrogens with zero attached hydrogens (tertiary/aromatic N) is 4. The summed E-state index contributed by atoms with van der Waals surface area (Å²) in [6.45, 7) is 0. The van der Waals surface area contributed by atoms with Gasteiger partial charge in [0.25, 0.3) is 0 Å². The zero-order valence-corrected chi connectivity index (χ0v) is 19.7. The summed E-state index contributed by atoms with van der Waals surface area (Å²) in [5.41, 5.74) is 8.79. The van der Waals surface area contributed by atoms with Gasteiger partial charge in [0, 0.05) is 29.6 Å². The lowest BCUT2D eigenvalue weighted by Crippen LogP contribution is -2.33. The van der Waals surface area contributed by atoms with Crippen molar-refractivity contribution in [2.75, 3.05) is 22.1 Å². The molecule has 5 rings (SSSR count). The lowest BCUT2D eigenvalue weighted by molar-refractivity contribution is 0.410. The third kappa shape index (κ3) is 5.37. The fourth-order valence-corrected chi connectivity index (χ4v) is 5.39. The minimum Gasteiger partial charge on any atom is -0.351 e. The fourth-order valence-electron chi connectivity index (χ4n) is 4.18. The molecular formula is C21H29Cl2N7S. The molecule has 1 saturated heterocycles. The van der Waals surface area contributed by atoms with Gasteiger partial charge in [0.15, 0.2) is 17.0 Å². The minimum atomic E-state index is 0. The van der Waals surface area contributed by atoms with Crippen LogP contribution >= 0.6 is 36.6 Å². The van der Waals surface area contributed by atoms with E-state index in [0.717, 1.165) is 60.5 Å². The molecule has 168 valence electrons. The molecular weight excluding hydrogens is 453 g/mol. The fraction of sp³-hybridized carbons (Fsp3) is 0.476. The van der Waals surface area contributed by atoms with Crippen molar-refractivity contribution in [1.29, 1.82) is 0 Å². The summed E-state index contributed by atoms with van der Waals surface area (Å²) >= 11 is 1.99. The smallest absolute Gasteiger partial charge is 0.227 e. The Bertz CT molecular complexity index is 971. The first kappa shape index (κ1) is 23.9. The highest BCUT2D eigenvalue weighted by Crippen LogP contribution is 2.32. The second-order valence-corrected chi connectivity index (χ2v) is 9.13. The number of benzene rings is 1. The number of rotatable bonds is 5. The Hall–Kier alpha value is -1.74. The number of halogens is 2. The highest BCUT2D eigenvalue weighted by atomic mass is 35.5. The van der Waals surface area contributed by atoms with E-state index in [1.807, 2.05) is 48.4 Å². The van der Waals surface area contributed by atoms with Crippen molar-refractivity contribution in [2.45, 2.75) is 50.2 Å². The molecule has 2 aromatic heterocycles. The number of imidazole rings is 1. The van der Waals surface area contributed by atoms with E-state index in [4.69, 9.17) is 15.7 Å². The van der Waals surface area contributed by atoms with E-state index < -0.39 is 0 Å². The van der Waals surface area contributed by atoms with Gasteiger partial charge in [-0.05, 0) is 50.0 Å². The van der Waals surface area contributed by atoms with Crippen LogP contribution in [0.5, 0.6) is 0 Å². The van der Waals surface area contributed by atoms with Crippen molar-refractivity contribution in [1.82, 2.24) is 19.5 Å². The van der Waals surface area contributed by atoms with Crippen LogP contribution in [0.2, 0.25) is 0 Å². The molecule has 0 amide bonds. The maximum Gasteiger partial charge on any atom is 0.227 e. The summed E-state index contributed by atoms with van der Waals surface area (Å²) in [6.07, 6.45) is 7.30. The van der Waals surface area contributed by atoms with Crippen molar-refractivity contribution in [3.05, 3.63) is 36.7 Å². The van der Waals surface area contributed by atoms with Crippen LogP contribution in [0, 0.1) is 0 Å². The first-order chi connectivity index (χ1) is 14.3. The molecule has 4 N–H and O–H groups in total. The number of fused-ring (bicyclic) bond motifs is 1. The average Bonchev–Trinajstić information content (AvgIpc) is 3.40. The van der Waals surface area contributed by atoms with Crippen molar-refractivity contribution < 1.29 is 0 Å². The van der Waals surface area contributed by atoms with Gasteiger partial charge in [-0.25, -0.2) is 4.98 Å². The topological polar surface area (TPSA) is 93.7 Å². The standard InChI is InChI=1S/C21H27N7S.2ClH/c22-14-6-8-16(9-7-14)25-21-26-19(24-15-4-2-1-3-5-15)18-20(27-21)28(13-23-18)17-10-11-29-12-17;;/h1-5,13-14,16-17H,6-12,22H2,(H2,24,25,26,27);2*1H/t14-,16-,17?;;. The minimum absolute atomic E-state index is 0. The van der Waals surface area contributed by atoms with E-state index in [1.165, 1.54) is 5.75 Å². The van der Waals surface area contributed by atoms with Gasteiger partial charge in [-0.15, -0.1) is 24.8 Å². The van der Waals surface area contributed by atoms with Gasteiger partial charge in [0.2, 0.25) is 5.95 Å². The third-order valence-electron chi connectivity index (χ3n) is 5.86. The van der Waals surface area contributed by atoms with E-state index >= 15 is 0 Å². The van der Waals surface area contributed by atoms with Crippen LogP contribution in [0.15, 0.2) is 36.7 Å². The molecule has 1 aliphatic carbocycles. The zero-order valence-electron chi connectivity index (χ0n) is 17.2. The molecule has 10 heteroatoms. The van der Waals surface area contributed by atoms with Gasteiger partial charge >= 0.3 is 0 Å². The van der Waals surface area contributed by atoms with E-state index in [-0.39, 0.29) is 24.8 Å². The third-order valence-corrected chi connectivity index (χ3v) is 7.01. The van der Waals surface area contributed by atoms with Crippen LogP contribution < -0.4 is 16.4 Å². The van der Waals surface area contributed by atoms with Crippen molar-refractivity contribution in [3.8, 4) is 0 Å². The van der Waals surface area contributed by atoms with Crippen LogP contribution in [0.1, 0.15) is 38.1 Å². The molecule has 2 aliphatic rings. The first-order valence-corrected chi connectivity index (χ1v) is 11.6. The number of hydrogen-bond donors (Lipinski definition) is 3. The van der Waals surface area contributed by atoms with Crippen LogP contribution in [-0.4, -0.2) is 43.1 Å². The Kier molecular flexibility index (Phi) is 8.27. The quantitative estimate of drug-likeness (QED) is 0.482. The number of thioether (sulfide) groups is 1. The second kappa shape index (κ2) is 10.7. The Labute approximate surface area is 199 Å². The Morgan fingerprint density at radius 3 is 2.48 bits per heavy atom. The summed E-state index contributed by atoms with van der Waals surface area (Å²) in [5, 5.41) is 7.01.